The summed E-state index contributed by atoms with van der Waals surface area (Å²) in [5.41, 5.74) is 0.621. The molecule has 2 amide bonds. The molecule has 8 heteroatoms. The van der Waals surface area contributed by atoms with Gasteiger partial charge in [-0.3, -0.25) is 0 Å². The number of nitrogens with zero attached hydrogens (tertiary/aromatic N) is 3. The van der Waals surface area contributed by atoms with E-state index in [1.807, 2.05) is 4.68 Å². The van der Waals surface area contributed by atoms with Gasteiger partial charge in [0.25, 0.3) is 0 Å². The number of hydrogen-bond donors (Lipinski definition) is 2. The number of carbonyl (C=O) groups excluding carboxylic acids is 1. The minimum atomic E-state index is -0.266. The summed E-state index contributed by atoms with van der Waals surface area (Å²) in [4.78, 5) is 16.2. The van der Waals surface area contributed by atoms with E-state index in [9.17, 15) is 4.79 Å². The van der Waals surface area contributed by atoms with E-state index in [1.54, 1.807) is 18.2 Å². The molecular formula is C14H16ClN5O2. The van der Waals surface area contributed by atoms with Crippen molar-refractivity contribution in [1.82, 2.24) is 20.1 Å². The molecule has 2 N–H and O–H groups in total. The second kappa shape index (κ2) is 6.23. The van der Waals surface area contributed by atoms with Crippen molar-refractivity contribution in [3.8, 4) is 5.75 Å². The zero-order valence-electron chi connectivity index (χ0n) is 12.0. The number of anilines is 1. The molecule has 1 aliphatic heterocycles. The molecule has 0 saturated heterocycles. The van der Waals surface area contributed by atoms with Gasteiger partial charge in [0.2, 0.25) is 0 Å². The van der Waals surface area contributed by atoms with E-state index in [2.05, 4.69) is 20.7 Å². The number of nitrogens with one attached hydrogen (secondary N) is 2. The Balaban J connectivity index is 1.59. The second-order valence-electron chi connectivity index (χ2n) is 5.04. The Morgan fingerprint density at radius 3 is 3.18 bits per heavy atom. The Morgan fingerprint density at radius 1 is 1.50 bits per heavy atom. The van der Waals surface area contributed by atoms with Gasteiger partial charge in [-0.05, 0) is 18.6 Å². The fraction of sp³-hybridized carbons (Fsp3) is 0.357. The van der Waals surface area contributed by atoms with Crippen LogP contribution in [0.2, 0.25) is 5.02 Å². The van der Waals surface area contributed by atoms with Gasteiger partial charge in [-0.2, -0.15) is 5.10 Å². The van der Waals surface area contributed by atoms with Crippen molar-refractivity contribution in [2.75, 3.05) is 12.4 Å². The molecular weight excluding hydrogens is 306 g/mol. The number of benzene rings is 1. The minimum Gasteiger partial charge on any atom is -0.495 e. The van der Waals surface area contributed by atoms with E-state index in [0.717, 1.165) is 18.7 Å². The van der Waals surface area contributed by atoms with Crippen LogP contribution in [0.1, 0.15) is 12.2 Å². The van der Waals surface area contributed by atoms with Crippen LogP contribution in [0.5, 0.6) is 5.75 Å². The predicted molar refractivity (Wildman–Crippen MR) is 82.3 cm³/mol. The number of halogens is 1. The number of methoxy groups -OCH3 is 1. The number of ether oxygens (including phenoxy) is 1. The van der Waals surface area contributed by atoms with Crippen LogP contribution < -0.4 is 15.4 Å². The lowest BCUT2D eigenvalue weighted by Crippen LogP contribution is -2.43. The maximum atomic E-state index is 12.1. The van der Waals surface area contributed by atoms with Crippen molar-refractivity contribution < 1.29 is 9.53 Å². The minimum absolute atomic E-state index is 0.0309. The first kappa shape index (κ1) is 14.6. The van der Waals surface area contributed by atoms with Gasteiger partial charge in [0.15, 0.2) is 0 Å². The molecule has 1 aliphatic rings. The highest BCUT2D eigenvalue weighted by Crippen LogP contribution is 2.27. The van der Waals surface area contributed by atoms with Crippen molar-refractivity contribution in [2.45, 2.75) is 25.4 Å². The summed E-state index contributed by atoms with van der Waals surface area (Å²) in [6, 6.07) is 4.85. The standard InChI is InChI=1S/C14H16ClN5O2/c1-22-12-6-9(2-4-11(12)15)18-14(21)19-10-3-5-13-16-8-17-20(13)7-10/h2,4,6,8,10H,3,5,7H2,1H3,(H2,18,19,21)/t10-/m1/s1. The van der Waals surface area contributed by atoms with Crippen LogP contribution in [0.25, 0.3) is 0 Å². The monoisotopic (exact) mass is 321 g/mol. The summed E-state index contributed by atoms with van der Waals surface area (Å²) in [7, 11) is 1.53. The number of aryl methyl sites for hydroxylation is 1. The summed E-state index contributed by atoms with van der Waals surface area (Å²) < 4.78 is 6.94. The van der Waals surface area contributed by atoms with Gasteiger partial charge in [-0.25, -0.2) is 14.5 Å². The Bertz CT molecular complexity index is 688. The lowest BCUT2D eigenvalue weighted by atomic mass is 10.1. The number of hydrogen-bond acceptors (Lipinski definition) is 4. The maximum absolute atomic E-state index is 12.1. The van der Waals surface area contributed by atoms with E-state index in [0.29, 0.717) is 23.0 Å². The first-order valence-corrected chi connectivity index (χ1v) is 7.31. The zero-order valence-corrected chi connectivity index (χ0v) is 12.8. The summed E-state index contributed by atoms with van der Waals surface area (Å²) in [6.45, 7) is 0.632. The van der Waals surface area contributed by atoms with E-state index in [-0.39, 0.29) is 12.1 Å². The van der Waals surface area contributed by atoms with Crippen LogP contribution in [0, 0.1) is 0 Å². The molecule has 0 radical (unpaired) electrons. The lowest BCUT2D eigenvalue weighted by molar-refractivity contribution is 0.243. The van der Waals surface area contributed by atoms with Crippen molar-refractivity contribution in [2.24, 2.45) is 0 Å². The van der Waals surface area contributed by atoms with Crippen LogP contribution in [-0.4, -0.2) is 33.9 Å². The summed E-state index contributed by atoms with van der Waals surface area (Å²) in [5.74, 6) is 1.48. The molecule has 0 saturated carbocycles. The predicted octanol–water partition coefficient (Wildman–Crippen LogP) is 2.08. The molecule has 3 rings (SSSR count). The molecule has 1 atom stereocenters. The Labute approximate surface area is 132 Å². The number of carbonyl (C=O) groups is 1. The average Bonchev–Trinajstić information content (AvgIpc) is 2.96. The topological polar surface area (TPSA) is 81.1 Å². The molecule has 0 spiro atoms. The van der Waals surface area contributed by atoms with Gasteiger partial charge in [0.1, 0.15) is 17.9 Å². The van der Waals surface area contributed by atoms with E-state index in [4.69, 9.17) is 16.3 Å². The van der Waals surface area contributed by atoms with Crippen molar-refractivity contribution >= 4 is 23.3 Å². The Morgan fingerprint density at radius 2 is 2.36 bits per heavy atom. The second-order valence-corrected chi connectivity index (χ2v) is 5.45. The lowest BCUT2D eigenvalue weighted by Gasteiger charge is -2.23. The summed E-state index contributed by atoms with van der Waals surface area (Å²) in [6.07, 6.45) is 3.19. The first-order valence-electron chi connectivity index (χ1n) is 6.93. The highest BCUT2D eigenvalue weighted by molar-refractivity contribution is 6.32. The van der Waals surface area contributed by atoms with E-state index < -0.39 is 0 Å². The summed E-state index contributed by atoms with van der Waals surface area (Å²) >= 11 is 5.96. The molecule has 7 nitrogen and oxygen atoms in total. The SMILES string of the molecule is COc1cc(NC(=O)N[C@@H]2CCc3ncnn3C2)ccc1Cl. The molecule has 1 aromatic heterocycles. The first-order chi connectivity index (χ1) is 10.7. The van der Waals surface area contributed by atoms with Crippen LogP contribution >= 0.6 is 11.6 Å². The van der Waals surface area contributed by atoms with Crippen molar-refractivity contribution in [1.29, 1.82) is 0 Å². The van der Waals surface area contributed by atoms with Crippen LogP contribution in [0.15, 0.2) is 24.5 Å². The van der Waals surface area contributed by atoms with Gasteiger partial charge < -0.3 is 15.4 Å². The molecule has 0 bridgehead atoms. The molecule has 2 heterocycles. The fourth-order valence-electron chi connectivity index (χ4n) is 2.45. The van der Waals surface area contributed by atoms with Crippen molar-refractivity contribution in [3.63, 3.8) is 0 Å². The molecule has 2 aromatic rings. The number of amides is 2. The maximum Gasteiger partial charge on any atom is 0.319 e. The normalized spacial score (nSPS) is 16.7. The largest absolute Gasteiger partial charge is 0.495 e. The number of aromatic nitrogens is 3. The molecule has 0 aliphatic carbocycles. The summed E-state index contributed by atoms with van der Waals surface area (Å²) in [5, 5.41) is 10.3. The number of rotatable bonds is 3. The third kappa shape index (κ3) is 3.14. The third-order valence-corrected chi connectivity index (χ3v) is 3.86. The highest BCUT2D eigenvalue weighted by Gasteiger charge is 2.21. The molecule has 0 unspecified atom stereocenters. The smallest absolute Gasteiger partial charge is 0.319 e. The number of fused-ring (bicyclic) bond motifs is 1. The molecule has 1 aromatic carbocycles. The fourth-order valence-corrected chi connectivity index (χ4v) is 2.64. The Hall–Kier alpha value is -2.28. The Kier molecular flexibility index (Phi) is 4.15. The highest BCUT2D eigenvalue weighted by atomic mass is 35.5. The van der Waals surface area contributed by atoms with Gasteiger partial charge in [-0.1, -0.05) is 11.6 Å². The van der Waals surface area contributed by atoms with Gasteiger partial charge in [0.05, 0.1) is 24.7 Å². The zero-order chi connectivity index (χ0) is 15.5. The van der Waals surface area contributed by atoms with Crippen LogP contribution in [0.4, 0.5) is 10.5 Å². The molecule has 22 heavy (non-hydrogen) atoms. The third-order valence-electron chi connectivity index (χ3n) is 3.55. The van der Waals surface area contributed by atoms with Crippen LogP contribution in [0.3, 0.4) is 0 Å². The van der Waals surface area contributed by atoms with Crippen LogP contribution in [-0.2, 0) is 13.0 Å². The number of urea groups is 1. The van der Waals surface area contributed by atoms with Gasteiger partial charge in [0, 0.05) is 18.2 Å². The molecule has 0 fully saturated rings. The van der Waals surface area contributed by atoms with E-state index in [1.165, 1.54) is 13.4 Å². The van der Waals surface area contributed by atoms with Crippen molar-refractivity contribution in [3.05, 3.63) is 35.4 Å². The molecule has 116 valence electrons. The van der Waals surface area contributed by atoms with Gasteiger partial charge in [-0.15, -0.1) is 0 Å². The van der Waals surface area contributed by atoms with Gasteiger partial charge >= 0.3 is 6.03 Å². The quantitative estimate of drug-likeness (QED) is 0.907. The average molecular weight is 322 g/mol. The van der Waals surface area contributed by atoms with E-state index >= 15 is 0 Å².